The van der Waals surface area contributed by atoms with Crippen molar-refractivity contribution in [2.45, 2.75) is 31.7 Å². The summed E-state index contributed by atoms with van der Waals surface area (Å²) in [7, 11) is 0. The van der Waals surface area contributed by atoms with E-state index in [1.807, 2.05) is 0 Å². The molecule has 0 aromatic carbocycles. The lowest BCUT2D eigenvalue weighted by Crippen LogP contribution is -2.50. The molecule has 0 spiro atoms. The van der Waals surface area contributed by atoms with Crippen LogP contribution in [0.1, 0.15) is 41.4 Å². The number of aliphatic hydroxyl groups is 1. The molecular formula is C13H15NO2S. The van der Waals surface area contributed by atoms with Gasteiger partial charge >= 0.3 is 0 Å². The first kappa shape index (κ1) is 12.2. The third-order valence-corrected chi connectivity index (χ3v) is 3.87. The Labute approximate surface area is 105 Å². The van der Waals surface area contributed by atoms with Crippen LogP contribution in [0.2, 0.25) is 0 Å². The molecule has 1 saturated carbocycles. The third kappa shape index (κ3) is 2.87. The predicted molar refractivity (Wildman–Crippen MR) is 68.0 cm³/mol. The van der Waals surface area contributed by atoms with E-state index in [0.717, 1.165) is 17.7 Å². The molecule has 1 aromatic rings. The zero-order valence-corrected chi connectivity index (χ0v) is 10.6. The van der Waals surface area contributed by atoms with Crippen molar-refractivity contribution < 1.29 is 9.90 Å². The monoisotopic (exact) mass is 249 g/mol. The summed E-state index contributed by atoms with van der Waals surface area (Å²) < 4.78 is 0. The first-order valence-electron chi connectivity index (χ1n) is 5.64. The minimum Gasteiger partial charge on any atom is -0.384 e. The van der Waals surface area contributed by atoms with Gasteiger partial charge in [-0.1, -0.05) is 11.8 Å². The fourth-order valence-electron chi connectivity index (χ4n) is 1.83. The number of carbonyl (C=O) groups excluding carboxylic acids is 1. The number of aliphatic hydroxyl groups excluding tert-OH is 1. The van der Waals surface area contributed by atoms with E-state index in [2.05, 4.69) is 24.1 Å². The van der Waals surface area contributed by atoms with E-state index in [9.17, 15) is 4.79 Å². The molecule has 1 amide bonds. The van der Waals surface area contributed by atoms with Gasteiger partial charge in [0.1, 0.15) is 6.61 Å². The van der Waals surface area contributed by atoms with Crippen molar-refractivity contribution in [2.75, 3.05) is 6.61 Å². The number of amides is 1. The summed E-state index contributed by atoms with van der Waals surface area (Å²) in [4.78, 5) is 12.7. The van der Waals surface area contributed by atoms with Crippen LogP contribution in [0.25, 0.3) is 0 Å². The molecule has 4 heteroatoms. The second-order valence-electron chi connectivity index (χ2n) is 4.53. The van der Waals surface area contributed by atoms with E-state index < -0.39 is 0 Å². The lowest BCUT2D eigenvalue weighted by molar-refractivity contribution is 0.0851. The molecule has 0 unspecified atom stereocenters. The molecule has 0 aliphatic heterocycles. The molecule has 90 valence electrons. The number of thiophene rings is 1. The molecule has 0 atom stereocenters. The van der Waals surface area contributed by atoms with E-state index >= 15 is 0 Å². The minimum absolute atomic E-state index is 0.0179. The normalized spacial score (nSPS) is 16.6. The molecule has 1 aliphatic carbocycles. The Balaban J connectivity index is 2.02. The summed E-state index contributed by atoms with van der Waals surface area (Å²) in [5.41, 5.74) is 0.640. The summed E-state index contributed by atoms with van der Waals surface area (Å²) in [6.07, 6.45) is 3.30. The lowest BCUT2D eigenvalue weighted by Gasteiger charge is -2.39. The Kier molecular flexibility index (Phi) is 3.51. The van der Waals surface area contributed by atoms with Crippen molar-refractivity contribution in [2.24, 2.45) is 0 Å². The zero-order chi connectivity index (χ0) is 12.3. The number of rotatable bonds is 2. The van der Waals surface area contributed by atoms with Crippen molar-refractivity contribution in [3.63, 3.8) is 0 Å². The maximum absolute atomic E-state index is 11.9. The average molecular weight is 249 g/mol. The second kappa shape index (κ2) is 4.91. The van der Waals surface area contributed by atoms with Crippen molar-refractivity contribution in [3.8, 4) is 11.8 Å². The molecule has 0 saturated heterocycles. The Morgan fingerprint density at radius 1 is 1.65 bits per heavy atom. The number of hydrogen-bond acceptors (Lipinski definition) is 3. The topological polar surface area (TPSA) is 49.3 Å². The van der Waals surface area contributed by atoms with Crippen LogP contribution in [-0.2, 0) is 0 Å². The number of hydrogen-bond donors (Lipinski definition) is 2. The highest BCUT2D eigenvalue weighted by Crippen LogP contribution is 2.31. The Morgan fingerprint density at radius 3 is 3.00 bits per heavy atom. The SMILES string of the molecule is CC1(NC(=O)c2csc(C#CCO)c2)CCC1. The van der Waals surface area contributed by atoms with E-state index in [4.69, 9.17) is 5.11 Å². The Bertz CT molecular complexity index is 477. The van der Waals surface area contributed by atoms with Gasteiger partial charge in [-0.05, 0) is 32.3 Å². The van der Waals surface area contributed by atoms with Crippen LogP contribution in [0, 0.1) is 11.8 Å². The average Bonchev–Trinajstić information content (AvgIpc) is 2.72. The molecule has 2 N–H and O–H groups in total. The van der Waals surface area contributed by atoms with E-state index in [-0.39, 0.29) is 18.1 Å². The molecule has 1 aromatic heterocycles. The van der Waals surface area contributed by atoms with Gasteiger partial charge in [0.15, 0.2) is 0 Å². The summed E-state index contributed by atoms with van der Waals surface area (Å²) in [5.74, 6) is 5.34. The highest BCUT2D eigenvalue weighted by Gasteiger charge is 2.33. The van der Waals surface area contributed by atoms with Crippen LogP contribution in [0.3, 0.4) is 0 Å². The predicted octanol–water partition coefficient (Wildman–Crippen LogP) is 1.76. The molecule has 17 heavy (non-hydrogen) atoms. The molecule has 3 nitrogen and oxygen atoms in total. The van der Waals surface area contributed by atoms with E-state index in [1.165, 1.54) is 17.8 Å². The van der Waals surface area contributed by atoms with Crippen molar-refractivity contribution in [1.82, 2.24) is 5.32 Å². The largest absolute Gasteiger partial charge is 0.384 e. The molecule has 0 bridgehead atoms. The van der Waals surface area contributed by atoms with Gasteiger partial charge in [0.2, 0.25) is 0 Å². The fraction of sp³-hybridized carbons (Fsp3) is 0.462. The molecule has 0 radical (unpaired) electrons. The van der Waals surface area contributed by atoms with Crippen molar-refractivity contribution >= 4 is 17.2 Å². The second-order valence-corrected chi connectivity index (χ2v) is 5.44. The maximum atomic E-state index is 11.9. The first-order valence-corrected chi connectivity index (χ1v) is 6.52. The number of nitrogens with one attached hydrogen (secondary N) is 1. The molecule has 2 rings (SSSR count). The lowest BCUT2D eigenvalue weighted by atomic mass is 9.78. The Morgan fingerprint density at radius 2 is 2.41 bits per heavy atom. The van der Waals surface area contributed by atoms with Gasteiger partial charge in [0.05, 0.1) is 10.4 Å². The maximum Gasteiger partial charge on any atom is 0.252 e. The van der Waals surface area contributed by atoms with Gasteiger partial charge in [-0.15, -0.1) is 11.3 Å². The van der Waals surface area contributed by atoms with Gasteiger partial charge in [0, 0.05) is 10.9 Å². The van der Waals surface area contributed by atoms with Gasteiger partial charge in [0.25, 0.3) is 5.91 Å². The quantitative estimate of drug-likeness (QED) is 0.785. The van der Waals surface area contributed by atoms with Crippen LogP contribution in [0.15, 0.2) is 11.4 Å². The summed E-state index contributed by atoms with van der Waals surface area (Å²) in [6.45, 7) is 1.92. The summed E-state index contributed by atoms with van der Waals surface area (Å²) >= 11 is 1.42. The van der Waals surface area contributed by atoms with Crippen LogP contribution in [-0.4, -0.2) is 23.2 Å². The molecule has 1 heterocycles. The summed E-state index contributed by atoms with van der Waals surface area (Å²) in [5, 5.41) is 13.4. The van der Waals surface area contributed by atoms with Crippen molar-refractivity contribution in [1.29, 1.82) is 0 Å². The van der Waals surface area contributed by atoms with E-state index in [0.29, 0.717) is 5.56 Å². The first-order chi connectivity index (χ1) is 8.13. The zero-order valence-electron chi connectivity index (χ0n) is 9.75. The standard InChI is InChI=1S/C13H15NO2S/c1-13(5-3-6-13)14-12(16)10-8-11(17-9-10)4-2-7-15/h8-9,15H,3,5-7H2,1H3,(H,14,16). The molecule has 1 aliphatic rings. The van der Waals surface area contributed by atoms with Crippen LogP contribution in [0.5, 0.6) is 0 Å². The van der Waals surface area contributed by atoms with Crippen LogP contribution >= 0.6 is 11.3 Å². The number of carbonyl (C=O) groups is 1. The molecular weight excluding hydrogens is 234 g/mol. The fourth-order valence-corrected chi connectivity index (χ4v) is 2.58. The van der Waals surface area contributed by atoms with Gasteiger partial charge in [-0.2, -0.15) is 0 Å². The Hall–Kier alpha value is -1.31. The van der Waals surface area contributed by atoms with E-state index in [1.54, 1.807) is 11.4 Å². The summed E-state index contributed by atoms with van der Waals surface area (Å²) in [6, 6.07) is 1.77. The van der Waals surface area contributed by atoms with Crippen LogP contribution < -0.4 is 5.32 Å². The van der Waals surface area contributed by atoms with Gasteiger partial charge in [-0.3, -0.25) is 4.79 Å². The smallest absolute Gasteiger partial charge is 0.252 e. The third-order valence-electron chi connectivity index (χ3n) is 3.02. The van der Waals surface area contributed by atoms with Gasteiger partial charge in [-0.25, -0.2) is 0 Å². The highest BCUT2D eigenvalue weighted by atomic mass is 32.1. The molecule has 1 fully saturated rings. The van der Waals surface area contributed by atoms with Crippen molar-refractivity contribution in [3.05, 3.63) is 21.9 Å². The van der Waals surface area contributed by atoms with Crippen LogP contribution in [0.4, 0.5) is 0 Å². The van der Waals surface area contributed by atoms with Gasteiger partial charge < -0.3 is 10.4 Å². The highest BCUT2D eigenvalue weighted by molar-refractivity contribution is 7.10. The minimum atomic E-state index is -0.155.